The van der Waals surface area contributed by atoms with Gasteiger partial charge in [-0.2, -0.15) is 0 Å². The number of fused-ring (bicyclic) bond motifs is 1. The highest BCUT2D eigenvalue weighted by molar-refractivity contribution is 5.85. The van der Waals surface area contributed by atoms with Crippen LogP contribution in [-0.4, -0.2) is 35.2 Å². The number of carbonyl (C=O) groups is 2. The number of hydrogen-bond acceptors (Lipinski definition) is 3. The third-order valence-corrected chi connectivity index (χ3v) is 3.50. The second-order valence-corrected chi connectivity index (χ2v) is 6.77. The van der Waals surface area contributed by atoms with Crippen molar-refractivity contribution in [1.82, 2.24) is 15.6 Å². The van der Waals surface area contributed by atoms with E-state index in [4.69, 9.17) is 4.74 Å². The molecule has 6 heteroatoms. The van der Waals surface area contributed by atoms with Crippen molar-refractivity contribution in [3.05, 3.63) is 36.0 Å². The number of benzene rings is 1. The molecule has 2 aromatic rings. The highest BCUT2D eigenvalue weighted by Crippen LogP contribution is 2.17. The summed E-state index contributed by atoms with van der Waals surface area (Å²) in [5.41, 5.74) is 1.65. The molecular weight excluding hydrogens is 306 g/mol. The number of aromatic nitrogens is 1. The fraction of sp³-hybridized carbons (Fsp3) is 0.444. The van der Waals surface area contributed by atoms with Gasteiger partial charge in [0.25, 0.3) is 0 Å². The van der Waals surface area contributed by atoms with Gasteiger partial charge in [-0.3, -0.25) is 4.79 Å². The van der Waals surface area contributed by atoms with E-state index in [-0.39, 0.29) is 5.91 Å². The van der Waals surface area contributed by atoms with Crippen LogP contribution in [0.5, 0.6) is 0 Å². The van der Waals surface area contributed by atoms with Gasteiger partial charge in [0.15, 0.2) is 0 Å². The van der Waals surface area contributed by atoms with Crippen molar-refractivity contribution in [2.45, 2.75) is 45.8 Å². The van der Waals surface area contributed by atoms with Crippen molar-refractivity contribution in [1.29, 1.82) is 0 Å². The fourth-order valence-electron chi connectivity index (χ4n) is 2.36. The summed E-state index contributed by atoms with van der Waals surface area (Å²) in [6, 6.07) is 7.39. The zero-order chi connectivity index (χ0) is 17.7. The maximum Gasteiger partial charge on any atom is 0.408 e. The molecule has 0 bridgehead atoms. The lowest BCUT2D eigenvalue weighted by Gasteiger charge is -2.21. The monoisotopic (exact) mass is 331 g/mol. The van der Waals surface area contributed by atoms with E-state index in [1.165, 1.54) is 0 Å². The molecule has 0 radical (unpaired) electrons. The van der Waals surface area contributed by atoms with E-state index in [9.17, 15) is 9.59 Å². The van der Waals surface area contributed by atoms with E-state index < -0.39 is 17.7 Å². The molecule has 1 atom stereocenters. The Morgan fingerprint density at radius 2 is 1.96 bits per heavy atom. The second kappa shape index (κ2) is 7.38. The van der Waals surface area contributed by atoms with Crippen LogP contribution in [0, 0.1) is 0 Å². The molecule has 130 valence electrons. The van der Waals surface area contributed by atoms with Crippen molar-refractivity contribution in [2.75, 3.05) is 6.54 Å². The number of nitrogens with one attached hydrogen (secondary N) is 3. The van der Waals surface area contributed by atoms with E-state index >= 15 is 0 Å². The van der Waals surface area contributed by atoms with Crippen LogP contribution in [0.4, 0.5) is 4.79 Å². The van der Waals surface area contributed by atoms with Crippen LogP contribution < -0.4 is 10.6 Å². The first-order valence-electron chi connectivity index (χ1n) is 8.08. The van der Waals surface area contributed by atoms with Gasteiger partial charge in [-0.15, -0.1) is 0 Å². The Morgan fingerprint density at radius 3 is 2.67 bits per heavy atom. The van der Waals surface area contributed by atoms with E-state index in [1.807, 2.05) is 24.4 Å². The van der Waals surface area contributed by atoms with Gasteiger partial charge in [-0.1, -0.05) is 18.2 Å². The van der Waals surface area contributed by atoms with Gasteiger partial charge in [-0.05, 0) is 45.7 Å². The smallest absolute Gasteiger partial charge is 0.408 e. The van der Waals surface area contributed by atoms with Gasteiger partial charge in [0.05, 0.1) is 0 Å². The van der Waals surface area contributed by atoms with E-state index in [2.05, 4.69) is 21.7 Å². The molecule has 0 saturated heterocycles. The number of aromatic amines is 1. The topological polar surface area (TPSA) is 83.2 Å². The summed E-state index contributed by atoms with van der Waals surface area (Å²) in [4.78, 5) is 26.9. The molecule has 0 fully saturated rings. The van der Waals surface area contributed by atoms with Gasteiger partial charge in [0.2, 0.25) is 5.91 Å². The van der Waals surface area contributed by atoms with E-state index in [0.29, 0.717) is 6.54 Å². The zero-order valence-corrected chi connectivity index (χ0v) is 14.6. The minimum absolute atomic E-state index is 0.235. The fourth-order valence-corrected chi connectivity index (χ4v) is 2.36. The summed E-state index contributed by atoms with van der Waals surface area (Å²) in [6.07, 6.45) is 2.08. The summed E-state index contributed by atoms with van der Waals surface area (Å²) in [6.45, 7) is 7.46. The lowest BCUT2D eigenvalue weighted by atomic mass is 10.1. The predicted molar refractivity (Wildman–Crippen MR) is 93.8 cm³/mol. The maximum atomic E-state index is 12.0. The summed E-state index contributed by atoms with van der Waals surface area (Å²) in [5, 5.41) is 6.52. The molecule has 2 rings (SSSR count). The van der Waals surface area contributed by atoms with Crippen molar-refractivity contribution >= 4 is 22.9 Å². The zero-order valence-electron chi connectivity index (χ0n) is 14.6. The molecule has 1 aromatic carbocycles. The average molecular weight is 331 g/mol. The Hall–Kier alpha value is -2.50. The Kier molecular flexibility index (Phi) is 5.49. The third-order valence-electron chi connectivity index (χ3n) is 3.50. The van der Waals surface area contributed by atoms with Crippen molar-refractivity contribution in [2.24, 2.45) is 0 Å². The summed E-state index contributed by atoms with van der Waals surface area (Å²) < 4.78 is 5.14. The molecule has 0 unspecified atom stereocenters. The van der Waals surface area contributed by atoms with Gasteiger partial charge in [-0.25, -0.2) is 4.79 Å². The SMILES string of the molecule is C[C@H](NC(=O)OC(C)(C)C)C(=O)NCCc1c[nH]c2ccccc12. The minimum atomic E-state index is -0.650. The van der Waals surface area contributed by atoms with Crippen molar-refractivity contribution < 1.29 is 14.3 Å². The first-order valence-corrected chi connectivity index (χ1v) is 8.08. The van der Waals surface area contributed by atoms with Gasteiger partial charge >= 0.3 is 6.09 Å². The molecule has 0 aliphatic rings. The Balaban J connectivity index is 1.79. The number of hydrogen-bond donors (Lipinski definition) is 3. The summed E-state index contributed by atoms with van der Waals surface area (Å²) in [5.74, 6) is -0.235. The van der Waals surface area contributed by atoms with Gasteiger partial charge in [0.1, 0.15) is 11.6 Å². The highest BCUT2D eigenvalue weighted by Gasteiger charge is 2.20. The lowest BCUT2D eigenvalue weighted by molar-refractivity contribution is -0.122. The van der Waals surface area contributed by atoms with Crippen LogP contribution in [-0.2, 0) is 16.0 Å². The Bertz CT molecular complexity index is 716. The van der Waals surface area contributed by atoms with Crippen LogP contribution >= 0.6 is 0 Å². The van der Waals surface area contributed by atoms with E-state index in [0.717, 1.165) is 22.9 Å². The molecule has 1 heterocycles. The number of ether oxygens (including phenoxy) is 1. The molecule has 0 spiro atoms. The predicted octanol–water partition coefficient (Wildman–Crippen LogP) is 2.74. The number of amides is 2. The van der Waals surface area contributed by atoms with Crippen LogP contribution in [0.15, 0.2) is 30.5 Å². The standard InChI is InChI=1S/C18H25N3O3/c1-12(21-17(23)24-18(2,3)4)16(22)19-10-9-13-11-20-15-8-6-5-7-14(13)15/h5-8,11-12,20H,9-10H2,1-4H3,(H,19,22)(H,21,23)/t12-/m0/s1. The average Bonchev–Trinajstić information content (AvgIpc) is 2.88. The maximum absolute atomic E-state index is 12.0. The number of para-hydroxylation sites is 1. The van der Waals surface area contributed by atoms with Gasteiger partial charge in [0, 0.05) is 23.6 Å². The number of alkyl carbamates (subject to hydrolysis) is 1. The van der Waals surface area contributed by atoms with Crippen LogP contribution in [0.1, 0.15) is 33.3 Å². The normalized spacial score (nSPS) is 12.7. The minimum Gasteiger partial charge on any atom is -0.444 e. The molecule has 6 nitrogen and oxygen atoms in total. The second-order valence-electron chi connectivity index (χ2n) is 6.77. The van der Waals surface area contributed by atoms with Crippen LogP contribution in [0.2, 0.25) is 0 Å². The Morgan fingerprint density at radius 1 is 1.25 bits per heavy atom. The van der Waals surface area contributed by atoms with E-state index in [1.54, 1.807) is 27.7 Å². The quantitative estimate of drug-likeness (QED) is 0.788. The summed E-state index contributed by atoms with van der Waals surface area (Å²) >= 11 is 0. The highest BCUT2D eigenvalue weighted by atomic mass is 16.6. The Labute approximate surface area is 142 Å². The molecule has 0 saturated carbocycles. The van der Waals surface area contributed by atoms with Gasteiger partial charge < -0.3 is 20.4 Å². The first kappa shape index (κ1) is 17.8. The largest absolute Gasteiger partial charge is 0.444 e. The lowest BCUT2D eigenvalue weighted by Crippen LogP contribution is -2.46. The number of carbonyl (C=O) groups excluding carboxylic acids is 2. The molecule has 24 heavy (non-hydrogen) atoms. The molecular formula is C18H25N3O3. The third kappa shape index (κ3) is 5.01. The van der Waals surface area contributed by atoms with Crippen molar-refractivity contribution in [3.63, 3.8) is 0 Å². The number of rotatable bonds is 5. The van der Waals surface area contributed by atoms with Crippen molar-refractivity contribution in [3.8, 4) is 0 Å². The molecule has 1 aromatic heterocycles. The number of H-pyrrole nitrogens is 1. The molecule has 0 aliphatic heterocycles. The van der Waals surface area contributed by atoms with Crippen LogP contribution in [0.25, 0.3) is 10.9 Å². The molecule has 0 aliphatic carbocycles. The summed E-state index contributed by atoms with van der Waals surface area (Å²) in [7, 11) is 0. The van der Waals surface area contributed by atoms with Crippen LogP contribution in [0.3, 0.4) is 0 Å². The first-order chi connectivity index (χ1) is 11.3. The molecule has 3 N–H and O–H groups in total. The molecule has 2 amide bonds.